The van der Waals surface area contributed by atoms with Gasteiger partial charge >= 0.3 is 0 Å². The summed E-state index contributed by atoms with van der Waals surface area (Å²) in [4.78, 5) is 0. The average molecular weight is 134 g/mol. The minimum absolute atomic E-state index is 0.224. The van der Waals surface area contributed by atoms with Gasteiger partial charge in [-0.05, 0) is 6.42 Å². The summed E-state index contributed by atoms with van der Waals surface area (Å²) in [7, 11) is 0. The highest BCUT2D eigenvalue weighted by Gasteiger charge is 1.98. The van der Waals surface area contributed by atoms with Gasteiger partial charge in [0.2, 0.25) is 0 Å². The highest BCUT2D eigenvalue weighted by Crippen LogP contribution is 1.96. The lowest BCUT2D eigenvalue weighted by atomic mass is 10.2. The van der Waals surface area contributed by atoms with Crippen molar-refractivity contribution in [3.63, 3.8) is 0 Å². The van der Waals surface area contributed by atoms with Crippen LogP contribution in [-0.2, 0) is 0 Å². The lowest BCUT2D eigenvalue weighted by Gasteiger charge is -1.99. The molecule has 0 aromatic rings. The van der Waals surface area contributed by atoms with Gasteiger partial charge in [0.15, 0.2) is 0 Å². The molecule has 0 bridgehead atoms. The second-order valence-electron chi connectivity index (χ2n) is 1.50. The van der Waals surface area contributed by atoms with E-state index in [1.807, 2.05) is 6.07 Å². The fourth-order valence-electron chi connectivity index (χ4n) is 0.308. The number of hydrogen-bond donors (Lipinski definition) is 1. The van der Waals surface area contributed by atoms with Crippen LogP contribution in [0.4, 0.5) is 0 Å². The van der Waals surface area contributed by atoms with Gasteiger partial charge in [-0.2, -0.15) is 5.26 Å². The summed E-state index contributed by atoms with van der Waals surface area (Å²) in [6.07, 6.45) is 0.366. The summed E-state index contributed by atoms with van der Waals surface area (Å²) >= 11 is 5.23. The lowest BCUT2D eigenvalue weighted by molar-refractivity contribution is 0.189. The fraction of sp³-hybridized carbons (Fsp3) is 0.800. The Kier molecular flexibility index (Phi) is 4.73. The van der Waals surface area contributed by atoms with Crippen molar-refractivity contribution in [3.05, 3.63) is 0 Å². The molecule has 0 aliphatic carbocycles. The maximum absolute atomic E-state index is 8.71. The van der Waals surface area contributed by atoms with Crippen LogP contribution in [-0.4, -0.2) is 17.1 Å². The third-order valence-corrected chi connectivity index (χ3v) is 1.12. The third kappa shape index (κ3) is 3.91. The van der Waals surface area contributed by atoms with Crippen molar-refractivity contribution in [1.29, 1.82) is 5.26 Å². The maximum Gasteiger partial charge on any atom is 0.0685 e. The van der Waals surface area contributed by atoms with E-state index in [-0.39, 0.29) is 5.88 Å². The molecule has 46 valence electrons. The highest BCUT2D eigenvalue weighted by atomic mass is 35.5. The van der Waals surface area contributed by atoms with Crippen LogP contribution in [0.25, 0.3) is 0 Å². The number of hydrogen-bond acceptors (Lipinski definition) is 2. The van der Waals surface area contributed by atoms with Gasteiger partial charge in [-0.25, -0.2) is 0 Å². The molecule has 0 spiro atoms. The molecule has 1 N–H and O–H groups in total. The zero-order chi connectivity index (χ0) is 6.41. The molecule has 0 fully saturated rings. The number of nitrogens with zero attached hydrogens (tertiary/aromatic N) is 1. The molecule has 1 atom stereocenters. The first-order valence-corrected chi connectivity index (χ1v) is 2.95. The van der Waals surface area contributed by atoms with E-state index in [2.05, 4.69) is 0 Å². The molecule has 0 aliphatic rings. The van der Waals surface area contributed by atoms with Crippen LogP contribution in [0.3, 0.4) is 0 Å². The lowest BCUT2D eigenvalue weighted by Crippen LogP contribution is -2.06. The zero-order valence-electron chi connectivity index (χ0n) is 4.47. The summed E-state index contributed by atoms with van der Waals surface area (Å²) < 4.78 is 0. The molecule has 0 aromatic carbocycles. The molecule has 3 heteroatoms. The van der Waals surface area contributed by atoms with Crippen LogP contribution in [0.2, 0.25) is 0 Å². The molecule has 0 rings (SSSR count). The van der Waals surface area contributed by atoms with Gasteiger partial charge < -0.3 is 5.11 Å². The van der Waals surface area contributed by atoms with E-state index >= 15 is 0 Å². The number of halogens is 1. The molecule has 8 heavy (non-hydrogen) atoms. The van der Waals surface area contributed by atoms with Gasteiger partial charge in [0.25, 0.3) is 0 Å². The molecule has 0 radical (unpaired) electrons. The molecule has 0 heterocycles. The van der Waals surface area contributed by atoms with E-state index < -0.39 is 6.10 Å². The van der Waals surface area contributed by atoms with Crippen molar-refractivity contribution in [1.82, 2.24) is 0 Å². The van der Waals surface area contributed by atoms with Crippen LogP contribution in [0.5, 0.6) is 0 Å². The van der Waals surface area contributed by atoms with Crippen molar-refractivity contribution in [3.8, 4) is 6.07 Å². The normalized spacial score (nSPS) is 12.6. The van der Waals surface area contributed by atoms with Gasteiger partial charge in [0.05, 0.1) is 12.2 Å². The van der Waals surface area contributed by atoms with E-state index in [4.69, 9.17) is 22.0 Å². The van der Waals surface area contributed by atoms with Crippen LogP contribution in [0, 0.1) is 11.3 Å². The highest BCUT2D eigenvalue weighted by molar-refractivity contribution is 6.18. The quantitative estimate of drug-likeness (QED) is 0.581. The Morgan fingerprint density at radius 1 is 1.75 bits per heavy atom. The van der Waals surface area contributed by atoms with Crippen molar-refractivity contribution < 1.29 is 5.11 Å². The van der Waals surface area contributed by atoms with Crippen LogP contribution in [0.1, 0.15) is 12.8 Å². The largest absolute Gasteiger partial charge is 0.392 e. The Bertz CT molecular complexity index is 88.9. The second-order valence-corrected chi connectivity index (χ2v) is 1.81. The van der Waals surface area contributed by atoms with Crippen molar-refractivity contribution in [2.24, 2.45) is 0 Å². The average Bonchev–Trinajstić information content (AvgIpc) is 1.83. The third-order valence-electron chi connectivity index (χ3n) is 0.767. The molecule has 0 unspecified atom stereocenters. The van der Waals surface area contributed by atoms with E-state index in [1.54, 1.807) is 0 Å². The molecule has 0 aromatic heterocycles. The Balaban J connectivity index is 3.01. The summed E-state index contributed by atoms with van der Waals surface area (Å²) in [6.45, 7) is 0. The van der Waals surface area contributed by atoms with Gasteiger partial charge in [0, 0.05) is 12.3 Å². The predicted octanol–water partition coefficient (Wildman–Crippen LogP) is 0.890. The Labute approximate surface area is 53.7 Å². The van der Waals surface area contributed by atoms with Crippen molar-refractivity contribution >= 4 is 11.6 Å². The van der Waals surface area contributed by atoms with Crippen molar-refractivity contribution in [2.75, 3.05) is 5.88 Å². The standard InChI is InChI=1S/C5H8ClNO/c6-4-5(8)2-1-3-7/h5,8H,1-2,4H2/t5-/m0/s1. The van der Waals surface area contributed by atoms with Gasteiger partial charge in [-0.1, -0.05) is 0 Å². The second kappa shape index (κ2) is 4.89. The van der Waals surface area contributed by atoms with Crippen LogP contribution >= 0.6 is 11.6 Å². The summed E-state index contributed by atoms with van der Waals surface area (Å²) in [5.41, 5.74) is 0. The number of aliphatic hydroxyl groups is 1. The predicted molar refractivity (Wildman–Crippen MR) is 31.6 cm³/mol. The van der Waals surface area contributed by atoms with E-state index in [1.165, 1.54) is 0 Å². The number of nitriles is 1. The first-order valence-electron chi connectivity index (χ1n) is 2.42. The minimum atomic E-state index is -0.503. The topological polar surface area (TPSA) is 44.0 Å². The summed E-state index contributed by atoms with van der Waals surface area (Å²) in [5, 5.41) is 16.7. The van der Waals surface area contributed by atoms with Gasteiger partial charge in [0.1, 0.15) is 0 Å². The fourth-order valence-corrected chi connectivity index (χ4v) is 0.463. The van der Waals surface area contributed by atoms with Crippen molar-refractivity contribution in [2.45, 2.75) is 18.9 Å². The summed E-state index contributed by atoms with van der Waals surface area (Å²) in [6, 6.07) is 1.91. The Morgan fingerprint density at radius 3 is 2.75 bits per heavy atom. The Hall–Kier alpha value is -0.260. The molecule has 0 saturated heterocycles. The molecule has 0 saturated carbocycles. The van der Waals surface area contributed by atoms with E-state index in [9.17, 15) is 0 Å². The molecule has 0 amide bonds. The molecular weight excluding hydrogens is 126 g/mol. The van der Waals surface area contributed by atoms with E-state index in [0.717, 1.165) is 0 Å². The maximum atomic E-state index is 8.71. The first kappa shape index (κ1) is 7.74. The smallest absolute Gasteiger partial charge is 0.0685 e. The monoisotopic (exact) mass is 133 g/mol. The molecular formula is C5H8ClNO. The summed E-state index contributed by atoms with van der Waals surface area (Å²) in [5.74, 6) is 0.224. The molecule has 0 aliphatic heterocycles. The zero-order valence-corrected chi connectivity index (χ0v) is 5.23. The molecule has 2 nitrogen and oxygen atoms in total. The SMILES string of the molecule is N#CCC[C@H](O)CCl. The van der Waals surface area contributed by atoms with Crippen LogP contribution in [0.15, 0.2) is 0 Å². The number of rotatable bonds is 3. The van der Waals surface area contributed by atoms with Gasteiger partial charge in [-0.3, -0.25) is 0 Å². The van der Waals surface area contributed by atoms with E-state index in [0.29, 0.717) is 12.8 Å². The minimum Gasteiger partial charge on any atom is -0.392 e. The van der Waals surface area contributed by atoms with Gasteiger partial charge in [-0.15, -0.1) is 11.6 Å². The number of aliphatic hydroxyl groups excluding tert-OH is 1. The number of alkyl halides is 1. The first-order chi connectivity index (χ1) is 3.81. The van der Waals surface area contributed by atoms with Crippen LogP contribution < -0.4 is 0 Å². The Morgan fingerprint density at radius 2 is 2.38 bits per heavy atom.